The lowest BCUT2D eigenvalue weighted by Gasteiger charge is -2.04. The Kier molecular flexibility index (Phi) is 5.25. The summed E-state index contributed by atoms with van der Waals surface area (Å²) in [7, 11) is -2.84. The van der Waals surface area contributed by atoms with Gasteiger partial charge >= 0.3 is 0 Å². The maximum Gasteiger partial charge on any atom is 0.147 e. The number of benzene rings is 1. The summed E-state index contributed by atoms with van der Waals surface area (Å²) in [4.78, 5) is 0. The van der Waals surface area contributed by atoms with E-state index in [-0.39, 0.29) is 5.75 Å². The normalized spacial score (nSPS) is 11.6. The van der Waals surface area contributed by atoms with Crippen molar-refractivity contribution < 1.29 is 8.42 Å². The smallest absolute Gasteiger partial charge is 0.147 e. The van der Waals surface area contributed by atoms with Crippen molar-refractivity contribution in [3.8, 4) is 0 Å². The zero-order valence-corrected chi connectivity index (χ0v) is 10.8. The molecule has 90 valence electrons. The van der Waals surface area contributed by atoms with Gasteiger partial charge in [-0.3, -0.25) is 0 Å². The molecule has 0 heterocycles. The molecule has 0 amide bonds. The third kappa shape index (κ3) is 6.10. The van der Waals surface area contributed by atoms with Gasteiger partial charge in [-0.25, -0.2) is 8.42 Å². The summed E-state index contributed by atoms with van der Waals surface area (Å²) in [5, 5.41) is 3.90. The third-order valence-electron chi connectivity index (χ3n) is 2.09. The van der Waals surface area contributed by atoms with Crippen LogP contribution in [0.3, 0.4) is 0 Å². The Balaban J connectivity index is 2.21. The van der Waals surface area contributed by atoms with E-state index in [1.54, 1.807) is 0 Å². The average molecular weight is 262 g/mol. The van der Waals surface area contributed by atoms with Crippen molar-refractivity contribution >= 4 is 21.4 Å². The highest BCUT2D eigenvalue weighted by molar-refractivity contribution is 7.90. The predicted octanol–water partition coefficient (Wildman–Crippen LogP) is 1.86. The van der Waals surface area contributed by atoms with Crippen LogP contribution >= 0.6 is 11.6 Å². The molecule has 16 heavy (non-hydrogen) atoms. The molecule has 1 rings (SSSR count). The highest BCUT2D eigenvalue weighted by Gasteiger charge is 2.00. The number of hydrogen-bond acceptors (Lipinski definition) is 3. The lowest BCUT2D eigenvalue weighted by Crippen LogP contribution is -2.17. The van der Waals surface area contributed by atoms with E-state index in [0.717, 1.165) is 10.6 Å². The van der Waals surface area contributed by atoms with Crippen molar-refractivity contribution in [2.75, 3.05) is 18.6 Å². The fourth-order valence-electron chi connectivity index (χ4n) is 1.34. The van der Waals surface area contributed by atoms with Crippen LogP contribution in [0.1, 0.15) is 12.0 Å². The number of rotatable bonds is 6. The van der Waals surface area contributed by atoms with Gasteiger partial charge in [-0.1, -0.05) is 23.7 Å². The molecule has 0 saturated heterocycles. The van der Waals surface area contributed by atoms with Crippen molar-refractivity contribution in [2.45, 2.75) is 13.0 Å². The van der Waals surface area contributed by atoms with Crippen molar-refractivity contribution in [3.63, 3.8) is 0 Å². The monoisotopic (exact) mass is 261 g/mol. The summed E-state index contributed by atoms with van der Waals surface area (Å²) >= 11 is 5.84. The van der Waals surface area contributed by atoms with Crippen LogP contribution in [0, 0.1) is 0 Å². The van der Waals surface area contributed by atoms with Crippen LogP contribution in [0.25, 0.3) is 0 Å². The molecule has 0 fully saturated rings. The summed E-state index contributed by atoms with van der Waals surface area (Å²) in [5.74, 6) is 0.232. The lowest BCUT2D eigenvalue weighted by molar-refractivity contribution is 0.594. The maximum absolute atomic E-state index is 10.9. The van der Waals surface area contributed by atoms with Crippen LogP contribution in [0.4, 0.5) is 0 Å². The van der Waals surface area contributed by atoms with Gasteiger partial charge in [-0.05, 0) is 30.7 Å². The van der Waals surface area contributed by atoms with Gasteiger partial charge in [-0.15, -0.1) is 0 Å². The van der Waals surface area contributed by atoms with Gasteiger partial charge in [0.1, 0.15) is 9.84 Å². The van der Waals surface area contributed by atoms with E-state index in [1.807, 2.05) is 24.3 Å². The predicted molar refractivity (Wildman–Crippen MR) is 67.5 cm³/mol. The van der Waals surface area contributed by atoms with Crippen LogP contribution in [-0.2, 0) is 16.4 Å². The Labute approximate surface area is 102 Å². The molecule has 0 saturated carbocycles. The molecular weight excluding hydrogens is 246 g/mol. The van der Waals surface area contributed by atoms with Crippen molar-refractivity contribution in [1.82, 2.24) is 5.32 Å². The summed E-state index contributed by atoms with van der Waals surface area (Å²) in [6, 6.07) is 7.60. The molecule has 1 N–H and O–H groups in total. The Morgan fingerprint density at radius 3 is 2.75 bits per heavy atom. The first-order valence-corrected chi connectivity index (χ1v) is 7.54. The number of hydrogen-bond donors (Lipinski definition) is 1. The lowest BCUT2D eigenvalue weighted by atomic mass is 10.2. The topological polar surface area (TPSA) is 46.2 Å². The van der Waals surface area contributed by atoms with Crippen LogP contribution in [0.2, 0.25) is 5.02 Å². The standard InChI is InChI=1S/C11H16ClNO2S/c1-16(14,15)7-3-6-13-9-10-4-2-5-11(12)8-10/h2,4-5,8,13H,3,6-7,9H2,1H3. The van der Waals surface area contributed by atoms with Gasteiger partial charge in [0.2, 0.25) is 0 Å². The molecule has 0 aliphatic rings. The zero-order chi connectivity index (χ0) is 12.0. The summed E-state index contributed by atoms with van der Waals surface area (Å²) in [5.41, 5.74) is 1.10. The molecule has 1 aromatic rings. The first-order chi connectivity index (χ1) is 7.47. The van der Waals surface area contributed by atoms with Crippen molar-refractivity contribution in [2.24, 2.45) is 0 Å². The Morgan fingerprint density at radius 2 is 2.12 bits per heavy atom. The van der Waals surface area contributed by atoms with E-state index >= 15 is 0 Å². The van der Waals surface area contributed by atoms with E-state index in [9.17, 15) is 8.42 Å². The highest BCUT2D eigenvalue weighted by atomic mass is 35.5. The first kappa shape index (κ1) is 13.5. The fraction of sp³-hybridized carbons (Fsp3) is 0.455. The summed E-state index contributed by atoms with van der Waals surface area (Å²) in [6.45, 7) is 1.41. The summed E-state index contributed by atoms with van der Waals surface area (Å²) in [6.07, 6.45) is 1.89. The second-order valence-corrected chi connectivity index (χ2v) is 6.49. The van der Waals surface area contributed by atoms with Gasteiger partial charge in [0.25, 0.3) is 0 Å². The van der Waals surface area contributed by atoms with Crippen LogP contribution in [-0.4, -0.2) is 27.0 Å². The molecule has 0 aliphatic heterocycles. The van der Waals surface area contributed by atoms with Gasteiger partial charge in [0.05, 0.1) is 5.75 Å². The Bertz CT molecular complexity index is 431. The van der Waals surface area contributed by atoms with Crippen LogP contribution < -0.4 is 5.32 Å². The molecule has 0 bridgehead atoms. The molecule has 5 heteroatoms. The quantitative estimate of drug-likeness (QED) is 0.796. The van der Waals surface area contributed by atoms with E-state index < -0.39 is 9.84 Å². The van der Waals surface area contributed by atoms with E-state index in [2.05, 4.69) is 5.32 Å². The Hall–Kier alpha value is -0.580. The Morgan fingerprint density at radius 1 is 1.38 bits per heavy atom. The second kappa shape index (κ2) is 6.23. The van der Waals surface area contributed by atoms with Gasteiger partial charge in [0, 0.05) is 17.8 Å². The van der Waals surface area contributed by atoms with E-state index in [0.29, 0.717) is 19.5 Å². The molecule has 0 spiro atoms. The highest BCUT2D eigenvalue weighted by Crippen LogP contribution is 2.10. The minimum Gasteiger partial charge on any atom is -0.313 e. The van der Waals surface area contributed by atoms with Crippen molar-refractivity contribution in [3.05, 3.63) is 34.9 Å². The maximum atomic E-state index is 10.9. The molecule has 0 radical (unpaired) electrons. The first-order valence-electron chi connectivity index (χ1n) is 5.10. The molecule has 1 aromatic carbocycles. The van der Waals surface area contributed by atoms with Crippen LogP contribution in [0.15, 0.2) is 24.3 Å². The summed E-state index contributed by atoms with van der Waals surface area (Å²) < 4.78 is 21.7. The van der Waals surface area contributed by atoms with Gasteiger partial charge in [-0.2, -0.15) is 0 Å². The average Bonchev–Trinajstić information content (AvgIpc) is 2.15. The number of sulfone groups is 1. The van der Waals surface area contributed by atoms with Crippen LogP contribution in [0.5, 0.6) is 0 Å². The fourth-order valence-corrected chi connectivity index (χ4v) is 2.22. The molecule has 0 aliphatic carbocycles. The van der Waals surface area contributed by atoms with E-state index in [4.69, 9.17) is 11.6 Å². The minimum atomic E-state index is -2.84. The minimum absolute atomic E-state index is 0.232. The van der Waals surface area contributed by atoms with Gasteiger partial charge in [0.15, 0.2) is 0 Å². The molecule has 0 aromatic heterocycles. The molecule has 0 unspecified atom stereocenters. The number of halogens is 1. The SMILES string of the molecule is CS(=O)(=O)CCCNCc1cccc(Cl)c1. The third-order valence-corrected chi connectivity index (χ3v) is 3.35. The van der Waals surface area contributed by atoms with E-state index in [1.165, 1.54) is 6.26 Å². The van der Waals surface area contributed by atoms with Crippen molar-refractivity contribution in [1.29, 1.82) is 0 Å². The largest absolute Gasteiger partial charge is 0.313 e. The van der Waals surface area contributed by atoms with Gasteiger partial charge < -0.3 is 5.32 Å². The molecule has 0 atom stereocenters. The molecular formula is C11H16ClNO2S. The number of nitrogens with one attached hydrogen (secondary N) is 1. The molecule has 3 nitrogen and oxygen atoms in total. The zero-order valence-electron chi connectivity index (χ0n) is 9.24. The second-order valence-electron chi connectivity index (χ2n) is 3.79.